The van der Waals surface area contributed by atoms with Crippen molar-refractivity contribution in [2.75, 3.05) is 33.4 Å². The Morgan fingerprint density at radius 1 is 0.949 bits per heavy atom. The first-order valence-electron chi connectivity index (χ1n) is 12.2. The molecule has 2 heterocycles. The Balaban J connectivity index is 1.67. The van der Waals surface area contributed by atoms with Gasteiger partial charge >= 0.3 is 12.4 Å². The average Bonchev–Trinajstić information content (AvgIpc) is 2.88. The van der Waals surface area contributed by atoms with Crippen LogP contribution in [0.25, 0.3) is 11.1 Å². The molecule has 1 aromatic heterocycles. The van der Waals surface area contributed by atoms with Gasteiger partial charge in [0.25, 0.3) is 5.91 Å². The van der Waals surface area contributed by atoms with Crippen LogP contribution in [-0.4, -0.2) is 54.0 Å². The molecule has 0 unspecified atom stereocenters. The number of ether oxygens (including phenoxy) is 1. The zero-order chi connectivity index (χ0) is 28.4. The van der Waals surface area contributed by atoms with Crippen molar-refractivity contribution in [2.24, 2.45) is 0 Å². The van der Waals surface area contributed by atoms with E-state index in [1.165, 1.54) is 13.2 Å². The standard InChI is InChI=1S/C28H27F6N3O2/c1-18-5-3-4-6-23(18)24-14-22(17-37-7-9-39-10-8-37)35-15-25(24)26(38)36(2)16-19-11-20(27(29,30)31)13-21(12-19)28(32,33)34/h3-6,11-15H,7-10,16-17H2,1-2H3. The lowest BCUT2D eigenvalue weighted by molar-refractivity contribution is -0.143. The highest BCUT2D eigenvalue weighted by Crippen LogP contribution is 2.37. The molecule has 4 rings (SSSR count). The normalized spacial score (nSPS) is 14.9. The van der Waals surface area contributed by atoms with Crippen molar-refractivity contribution in [3.8, 4) is 11.1 Å². The second-order valence-electron chi connectivity index (χ2n) is 9.50. The van der Waals surface area contributed by atoms with Gasteiger partial charge in [0.1, 0.15) is 0 Å². The van der Waals surface area contributed by atoms with E-state index >= 15 is 0 Å². The molecule has 1 aliphatic heterocycles. The number of benzene rings is 2. The van der Waals surface area contributed by atoms with E-state index in [2.05, 4.69) is 9.88 Å². The molecule has 208 valence electrons. The lowest BCUT2D eigenvalue weighted by Gasteiger charge is -2.26. The van der Waals surface area contributed by atoms with Crippen molar-refractivity contribution in [2.45, 2.75) is 32.4 Å². The number of halogens is 6. The molecular formula is C28H27F6N3O2. The molecule has 0 saturated carbocycles. The average molecular weight is 552 g/mol. The van der Waals surface area contributed by atoms with Crippen LogP contribution in [0.3, 0.4) is 0 Å². The van der Waals surface area contributed by atoms with Crippen LogP contribution < -0.4 is 0 Å². The van der Waals surface area contributed by atoms with E-state index in [-0.39, 0.29) is 17.2 Å². The topological polar surface area (TPSA) is 45.7 Å². The Kier molecular flexibility index (Phi) is 8.31. The van der Waals surface area contributed by atoms with Crippen LogP contribution in [0, 0.1) is 6.92 Å². The SMILES string of the molecule is Cc1ccccc1-c1cc(CN2CCOCC2)ncc1C(=O)N(C)Cc1cc(C(F)(F)F)cc(C(F)(F)F)c1. The fourth-order valence-corrected chi connectivity index (χ4v) is 4.50. The number of morpholine rings is 1. The second kappa shape index (κ2) is 11.4. The van der Waals surface area contributed by atoms with Gasteiger partial charge in [-0.3, -0.25) is 14.7 Å². The van der Waals surface area contributed by atoms with E-state index in [4.69, 9.17) is 4.74 Å². The molecular weight excluding hydrogens is 524 g/mol. The molecule has 3 aromatic rings. The molecule has 1 amide bonds. The van der Waals surface area contributed by atoms with Crippen LogP contribution in [0.4, 0.5) is 26.3 Å². The highest BCUT2D eigenvalue weighted by atomic mass is 19.4. The zero-order valence-corrected chi connectivity index (χ0v) is 21.4. The summed E-state index contributed by atoms with van der Waals surface area (Å²) in [6.07, 6.45) is -8.53. The van der Waals surface area contributed by atoms with Gasteiger partial charge in [-0.2, -0.15) is 26.3 Å². The summed E-state index contributed by atoms with van der Waals surface area (Å²) in [6, 6.07) is 10.6. The van der Waals surface area contributed by atoms with Crippen LogP contribution >= 0.6 is 0 Å². The van der Waals surface area contributed by atoms with Gasteiger partial charge in [0, 0.05) is 39.4 Å². The van der Waals surface area contributed by atoms with E-state index < -0.39 is 35.9 Å². The Labute approximate surface area is 222 Å². The Bertz CT molecular complexity index is 1300. The van der Waals surface area contributed by atoms with Crippen LogP contribution in [0.1, 0.15) is 38.3 Å². The molecule has 11 heteroatoms. The minimum Gasteiger partial charge on any atom is -0.379 e. The first-order chi connectivity index (χ1) is 18.3. The molecule has 0 N–H and O–H groups in total. The van der Waals surface area contributed by atoms with Gasteiger partial charge < -0.3 is 9.64 Å². The summed E-state index contributed by atoms with van der Waals surface area (Å²) in [4.78, 5) is 21.3. The predicted molar refractivity (Wildman–Crippen MR) is 133 cm³/mol. The fourth-order valence-electron chi connectivity index (χ4n) is 4.50. The van der Waals surface area contributed by atoms with Crippen LogP contribution in [0.5, 0.6) is 0 Å². The number of amides is 1. The molecule has 39 heavy (non-hydrogen) atoms. The third-order valence-corrected chi connectivity index (χ3v) is 6.53. The molecule has 0 atom stereocenters. The van der Waals surface area contributed by atoms with Crippen molar-refractivity contribution in [3.05, 3.63) is 88.2 Å². The van der Waals surface area contributed by atoms with E-state index in [1.807, 2.05) is 37.3 Å². The van der Waals surface area contributed by atoms with Gasteiger partial charge in [-0.1, -0.05) is 24.3 Å². The first-order valence-corrected chi connectivity index (χ1v) is 12.2. The summed E-state index contributed by atoms with van der Waals surface area (Å²) in [7, 11) is 1.33. The van der Waals surface area contributed by atoms with Crippen LogP contribution in [-0.2, 0) is 30.2 Å². The third kappa shape index (κ3) is 6.96. The van der Waals surface area contributed by atoms with Crippen molar-refractivity contribution in [3.63, 3.8) is 0 Å². The number of hydrogen-bond acceptors (Lipinski definition) is 4. The number of carbonyl (C=O) groups excluding carboxylic acids is 1. The molecule has 0 aliphatic carbocycles. The molecule has 0 radical (unpaired) electrons. The maximum Gasteiger partial charge on any atom is 0.416 e. The second-order valence-corrected chi connectivity index (χ2v) is 9.50. The number of alkyl halides is 6. The van der Waals surface area contributed by atoms with E-state index in [1.54, 1.807) is 0 Å². The zero-order valence-electron chi connectivity index (χ0n) is 21.4. The maximum absolute atomic E-state index is 13.5. The lowest BCUT2D eigenvalue weighted by atomic mass is 9.95. The number of rotatable bonds is 6. The minimum absolute atomic E-state index is 0.0682. The van der Waals surface area contributed by atoms with Crippen molar-refractivity contribution >= 4 is 5.91 Å². The summed E-state index contributed by atoms with van der Waals surface area (Å²) in [6.45, 7) is 4.65. The van der Waals surface area contributed by atoms with Gasteiger partial charge in [0.05, 0.1) is 35.6 Å². The monoisotopic (exact) mass is 551 g/mol. The van der Waals surface area contributed by atoms with Crippen LogP contribution in [0.2, 0.25) is 0 Å². The first kappa shape index (κ1) is 28.6. The van der Waals surface area contributed by atoms with Gasteiger partial charge in [-0.05, 0) is 53.4 Å². The quantitative estimate of drug-likeness (QED) is 0.343. The summed E-state index contributed by atoms with van der Waals surface area (Å²) < 4.78 is 85.3. The number of carbonyl (C=O) groups is 1. The number of aryl methyl sites for hydroxylation is 1. The van der Waals surface area contributed by atoms with Crippen molar-refractivity contribution in [1.82, 2.24) is 14.8 Å². The molecule has 1 fully saturated rings. The molecule has 0 spiro atoms. The molecule has 0 bridgehead atoms. The van der Waals surface area contributed by atoms with Crippen molar-refractivity contribution < 1.29 is 35.9 Å². The fraction of sp³-hybridized carbons (Fsp3) is 0.357. The van der Waals surface area contributed by atoms with Gasteiger partial charge in [0.15, 0.2) is 0 Å². The number of pyridine rings is 1. The van der Waals surface area contributed by atoms with E-state index in [0.29, 0.717) is 37.5 Å². The molecule has 2 aromatic carbocycles. The molecule has 1 saturated heterocycles. The maximum atomic E-state index is 13.5. The molecule has 5 nitrogen and oxygen atoms in total. The van der Waals surface area contributed by atoms with Crippen molar-refractivity contribution in [1.29, 1.82) is 0 Å². The third-order valence-electron chi connectivity index (χ3n) is 6.53. The van der Waals surface area contributed by atoms with E-state index in [0.717, 1.165) is 34.8 Å². The van der Waals surface area contributed by atoms with Crippen LogP contribution in [0.15, 0.2) is 54.7 Å². The largest absolute Gasteiger partial charge is 0.416 e. The van der Waals surface area contributed by atoms with E-state index in [9.17, 15) is 31.1 Å². The summed E-state index contributed by atoms with van der Waals surface area (Å²) in [5.41, 5.74) is 0.0303. The highest BCUT2D eigenvalue weighted by Gasteiger charge is 2.37. The lowest BCUT2D eigenvalue weighted by Crippen LogP contribution is -2.36. The number of hydrogen-bond donors (Lipinski definition) is 0. The predicted octanol–water partition coefficient (Wildman–Crippen LogP) is 6.20. The number of aromatic nitrogens is 1. The highest BCUT2D eigenvalue weighted by molar-refractivity contribution is 6.00. The van der Waals surface area contributed by atoms with Gasteiger partial charge in [-0.15, -0.1) is 0 Å². The minimum atomic E-state index is -4.98. The molecule has 1 aliphatic rings. The summed E-state index contributed by atoms with van der Waals surface area (Å²) in [5, 5.41) is 0. The summed E-state index contributed by atoms with van der Waals surface area (Å²) >= 11 is 0. The number of nitrogens with zero attached hydrogens (tertiary/aromatic N) is 3. The smallest absolute Gasteiger partial charge is 0.379 e. The Morgan fingerprint density at radius 3 is 2.15 bits per heavy atom. The Morgan fingerprint density at radius 2 is 1.56 bits per heavy atom. The summed E-state index contributed by atoms with van der Waals surface area (Å²) in [5.74, 6) is -0.579. The Hall–Kier alpha value is -3.44. The van der Waals surface area contributed by atoms with Gasteiger partial charge in [-0.25, -0.2) is 0 Å². The van der Waals surface area contributed by atoms with Gasteiger partial charge in [0.2, 0.25) is 0 Å².